The Kier molecular flexibility index (Phi) is 30.9. The summed E-state index contributed by atoms with van der Waals surface area (Å²) in [7, 11) is 2.17. The highest BCUT2D eigenvalue weighted by atomic mass is 35.5. The molecule has 0 unspecified atom stereocenters. The van der Waals surface area contributed by atoms with E-state index in [-0.39, 0.29) is 0 Å². The van der Waals surface area contributed by atoms with E-state index in [0.29, 0.717) is 5.75 Å². The number of nitrogens with one attached hydrogen (secondary N) is 1. The molecule has 0 spiro atoms. The number of rotatable bonds is 7. The first-order valence-electron chi connectivity index (χ1n) is 14.3. The number of allylic oxidation sites excluding steroid dienone is 3. The normalized spacial score (nSPS) is 11.9. The molecule has 0 atom stereocenters. The number of nitrogens with zero attached hydrogens (tertiary/aromatic N) is 1. The van der Waals surface area contributed by atoms with Gasteiger partial charge in [-0.25, -0.2) is 0 Å². The van der Waals surface area contributed by atoms with Gasteiger partial charge in [0.1, 0.15) is 5.75 Å². The van der Waals surface area contributed by atoms with Crippen molar-refractivity contribution in [1.82, 2.24) is 4.90 Å². The van der Waals surface area contributed by atoms with Crippen LogP contribution in [0.25, 0.3) is 5.57 Å². The fraction of sp³-hybridized carbons (Fsp3) is 0.562. The molecule has 0 amide bonds. The zero-order chi connectivity index (χ0) is 29.9. The van der Waals surface area contributed by atoms with Gasteiger partial charge in [-0.1, -0.05) is 91.1 Å². The van der Waals surface area contributed by atoms with Crippen molar-refractivity contribution in [2.24, 2.45) is 0 Å². The van der Waals surface area contributed by atoms with E-state index in [4.69, 9.17) is 11.6 Å². The van der Waals surface area contributed by atoms with Gasteiger partial charge in [-0.15, -0.1) is 17.9 Å². The van der Waals surface area contributed by atoms with Crippen LogP contribution in [0.2, 0.25) is 5.02 Å². The summed E-state index contributed by atoms with van der Waals surface area (Å²) in [5.41, 5.74) is 2.99. The molecule has 220 valence electrons. The second-order valence-electron chi connectivity index (χ2n) is 7.90. The lowest BCUT2D eigenvalue weighted by Crippen LogP contribution is -2.10. The average Bonchev–Trinajstić information content (AvgIpc) is 3.57. The van der Waals surface area contributed by atoms with Crippen molar-refractivity contribution in [1.29, 1.82) is 0 Å². The van der Waals surface area contributed by atoms with Crippen LogP contribution in [0.15, 0.2) is 47.2 Å². The number of thiophene rings is 1. The van der Waals surface area contributed by atoms with Crippen LogP contribution in [-0.4, -0.2) is 30.1 Å². The Morgan fingerprint density at radius 3 is 2.13 bits per heavy atom. The standard InChI is InChI=1S/C18H22ClNOS2.C5H11N.C3H6.3C2H6/c1-4-5-6-7-13(3)18-15(19)11-17(22-18)23-20-14-9-8-12(2)16(21)10-14;1-6-4-2-3-5-6;1-3-2;3*1-2/h7-11,20-21H,4-6H2,1-3H3;2-5H2,1H3;3H,1H2,2H3;3*1-2H3/b13-7+;;;;;. The van der Waals surface area contributed by atoms with Gasteiger partial charge in [0.25, 0.3) is 0 Å². The van der Waals surface area contributed by atoms with Crippen LogP contribution in [0.1, 0.15) is 105 Å². The van der Waals surface area contributed by atoms with E-state index in [1.165, 1.54) is 56.3 Å². The van der Waals surface area contributed by atoms with Crippen LogP contribution >= 0.6 is 34.9 Å². The van der Waals surface area contributed by atoms with E-state index >= 15 is 0 Å². The molecule has 2 N–H and O–H groups in total. The van der Waals surface area contributed by atoms with E-state index in [1.807, 2.05) is 73.6 Å². The lowest BCUT2D eigenvalue weighted by molar-refractivity contribution is 0.418. The third kappa shape index (κ3) is 19.6. The third-order valence-electron chi connectivity index (χ3n) is 4.84. The lowest BCUT2D eigenvalue weighted by atomic mass is 10.1. The fourth-order valence-electron chi connectivity index (χ4n) is 2.94. The van der Waals surface area contributed by atoms with Crippen molar-refractivity contribution >= 4 is 46.1 Å². The Morgan fingerprint density at radius 1 is 1.13 bits per heavy atom. The van der Waals surface area contributed by atoms with E-state index in [0.717, 1.165) is 31.8 Å². The number of phenolic OH excluding ortho intramolecular Hbond substituents is 1. The van der Waals surface area contributed by atoms with Gasteiger partial charge in [-0.3, -0.25) is 0 Å². The first-order valence-corrected chi connectivity index (χ1v) is 16.3. The van der Waals surface area contributed by atoms with E-state index < -0.39 is 0 Å². The topological polar surface area (TPSA) is 35.5 Å². The Labute approximate surface area is 249 Å². The highest BCUT2D eigenvalue weighted by Crippen LogP contribution is 2.38. The van der Waals surface area contributed by atoms with E-state index in [9.17, 15) is 5.11 Å². The molecule has 1 aromatic heterocycles. The third-order valence-corrected chi connectivity index (χ3v) is 7.47. The molecular formula is C32H57ClN2OS2. The van der Waals surface area contributed by atoms with Gasteiger partial charge in [-0.2, -0.15) is 0 Å². The van der Waals surface area contributed by atoms with Gasteiger partial charge < -0.3 is 14.7 Å². The maximum absolute atomic E-state index is 9.75. The zero-order valence-corrected chi connectivity index (χ0v) is 28.6. The van der Waals surface area contributed by atoms with Crippen LogP contribution in [-0.2, 0) is 0 Å². The SMILES string of the molecule is C=CC.CC.CC.CC.CCCC/C=C(\C)c1sc(SNc2ccc(C)c(O)c2)cc1Cl.CN1CCCC1. The van der Waals surface area contributed by atoms with Crippen LogP contribution in [0, 0.1) is 6.92 Å². The molecule has 1 aromatic carbocycles. The maximum atomic E-state index is 9.75. The molecule has 0 aliphatic carbocycles. The number of unbranched alkanes of at least 4 members (excludes halogenated alkanes) is 2. The summed E-state index contributed by atoms with van der Waals surface area (Å²) in [6, 6.07) is 7.57. The summed E-state index contributed by atoms with van der Waals surface area (Å²) >= 11 is 9.57. The molecule has 2 heterocycles. The number of aryl methyl sites for hydroxylation is 1. The number of likely N-dealkylation sites (tertiary alicyclic amines) is 1. The van der Waals surface area contributed by atoms with Crippen LogP contribution < -0.4 is 4.72 Å². The van der Waals surface area contributed by atoms with Crippen molar-refractivity contribution in [3.8, 4) is 5.75 Å². The zero-order valence-electron chi connectivity index (χ0n) is 26.2. The second-order valence-corrected chi connectivity index (χ2v) is 10.5. The molecule has 2 aromatic rings. The summed E-state index contributed by atoms with van der Waals surface area (Å²) in [5.74, 6) is 0.301. The number of aromatic hydroxyl groups is 1. The first-order chi connectivity index (χ1) is 18.3. The fourth-order valence-corrected chi connectivity index (χ4v) is 5.29. The van der Waals surface area contributed by atoms with Crippen molar-refractivity contribution in [2.75, 3.05) is 24.9 Å². The molecule has 0 radical (unpaired) electrons. The number of benzene rings is 1. The van der Waals surface area contributed by atoms with Crippen molar-refractivity contribution in [2.45, 2.75) is 106 Å². The summed E-state index contributed by atoms with van der Waals surface area (Å²) in [4.78, 5) is 3.50. The van der Waals surface area contributed by atoms with Crippen LogP contribution in [0.5, 0.6) is 5.75 Å². The summed E-state index contributed by atoms with van der Waals surface area (Å²) in [6.45, 7) is 26.1. The van der Waals surface area contributed by atoms with Crippen molar-refractivity contribution < 1.29 is 5.11 Å². The van der Waals surface area contributed by atoms with E-state index in [1.54, 1.807) is 23.5 Å². The lowest BCUT2D eigenvalue weighted by Gasteiger charge is -2.05. The Bertz CT molecular complexity index is 844. The molecule has 3 rings (SSSR count). The molecule has 6 heteroatoms. The quantitative estimate of drug-likeness (QED) is 0.193. The van der Waals surface area contributed by atoms with Gasteiger partial charge in [0.2, 0.25) is 0 Å². The van der Waals surface area contributed by atoms with Gasteiger partial charge in [0.15, 0.2) is 0 Å². The molecule has 3 nitrogen and oxygen atoms in total. The number of halogens is 1. The minimum Gasteiger partial charge on any atom is -0.508 e. The summed E-state index contributed by atoms with van der Waals surface area (Å²) in [5, 5.41) is 10.5. The molecule has 38 heavy (non-hydrogen) atoms. The number of anilines is 1. The number of hydrogen-bond donors (Lipinski definition) is 2. The predicted molar refractivity (Wildman–Crippen MR) is 181 cm³/mol. The minimum absolute atomic E-state index is 0.301. The Morgan fingerprint density at radius 2 is 1.68 bits per heavy atom. The van der Waals surface area contributed by atoms with Gasteiger partial charge in [0.05, 0.1) is 9.23 Å². The van der Waals surface area contributed by atoms with Crippen molar-refractivity contribution in [3.63, 3.8) is 0 Å². The highest BCUT2D eigenvalue weighted by molar-refractivity contribution is 8.02. The van der Waals surface area contributed by atoms with Crippen molar-refractivity contribution in [3.05, 3.63) is 58.5 Å². The van der Waals surface area contributed by atoms with Gasteiger partial charge in [0, 0.05) is 16.6 Å². The molecule has 0 bridgehead atoms. The smallest absolute Gasteiger partial charge is 0.120 e. The van der Waals surface area contributed by atoms with E-state index in [2.05, 4.69) is 43.2 Å². The Hall–Kier alpha value is -1.40. The molecule has 0 saturated carbocycles. The van der Waals surface area contributed by atoms with Gasteiger partial charge in [-0.05, 0) is 95.4 Å². The van der Waals surface area contributed by atoms with Crippen LogP contribution in [0.3, 0.4) is 0 Å². The molecule has 1 aliphatic heterocycles. The first kappa shape index (κ1) is 41.1. The highest BCUT2D eigenvalue weighted by Gasteiger charge is 2.10. The molecule has 1 fully saturated rings. The largest absolute Gasteiger partial charge is 0.508 e. The maximum Gasteiger partial charge on any atom is 0.120 e. The van der Waals surface area contributed by atoms with Crippen LogP contribution in [0.4, 0.5) is 5.69 Å². The average molecular weight is 585 g/mol. The molecule has 1 saturated heterocycles. The monoisotopic (exact) mass is 584 g/mol. The molecule has 1 aliphatic rings. The summed E-state index contributed by atoms with van der Waals surface area (Å²) < 4.78 is 4.35. The summed E-state index contributed by atoms with van der Waals surface area (Å²) in [6.07, 6.45) is 10.4. The minimum atomic E-state index is 0.301. The van der Waals surface area contributed by atoms with Gasteiger partial charge >= 0.3 is 0 Å². The second kappa shape index (κ2) is 28.6. The number of phenols is 1. The molecular weight excluding hydrogens is 528 g/mol. The number of hydrogen-bond acceptors (Lipinski definition) is 5. The Balaban J connectivity index is -0.000000675. The predicted octanol–water partition coefficient (Wildman–Crippen LogP) is 12.1.